The molecule has 176 valence electrons. The molecule has 0 aliphatic heterocycles. The Balaban J connectivity index is 1.41. The smallest absolute Gasteiger partial charge is 0.379 e. The lowest BCUT2D eigenvalue weighted by Gasteiger charge is -2.14. The van der Waals surface area contributed by atoms with E-state index < -0.39 is 5.97 Å². The van der Waals surface area contributed by atoms with Gasteiger partial charge in [0.1, 0.15) is 17.3 Å². The number of hydrazone groups is 1. The molecule has 0 fully saturated rings. The van der Waals surface area contributed by atoms with Crippen LogP contribution in [0.25, 0.3) is 10.8 Å². The molecule has 7 heteroatoms. The fourth-order valence-electron chi connectivity index (χ4n) is 4.42. The number of benzene rings is 3. The zero-order valence-electron chi connectivity index (χ0n) is 19.5. The normalized spacial score (nSPS) is 13.9. The van der Waals surface area contributed by atoms with E-state index >= 15 is 0 Å². The van der Waals surface area contributed by atoms with Crippen LogP contribution >= 0.6 is 0 Å². The average Bonchev–Trinajstić information content (AvgIpc) is 3.24. The molecule has 0 radical (unpaired) electrons. The summed E-state index contributed by atoms with van der Waals surface area (Å²) in [6, 6.07) is 20.2. The van der Waals surface area contributed by atoms with E-state index in [0.29, 0.717) is 46.9 Å². The Kier molecular flexibility index (Phi) is 6.06. The van der Waals surface area contributed by atoms with Gasteiger partial charge in [0.2, 0.25) is 5.76 Å². The molecule has 7 nitrogen and oxygen atoms in total. The summed E-state index contributed by atoms with van der Waals surface area (Å²) in [6.45, 7) is 1.81. The van der Waals surface area contributed by atoms with E-state index in [1.54, 1.807) is 30.3 Å². The van der Waals surface area contributed by atoms with Gasteiger partial charge in [-0.25, -0.2) is 10.2 Å². The lowest BCUT2D eigenvalue weighted by Crippen LogP contribution is -2.22. The Labute approximate surface area is 202 Å². The minimum Gasteiger partial charge on any atom is -0.496 e. The predicted molar refractivity (Wildman–Crippen MR) is 132 cm³/mol. The number of para-hydroxylation sites is 1. The van der Waals surface area contributed by atoms with Crippen molar-refractivity contribution in [2.75, 3.05) is 7.11 Å². The van der Waals surface area contributed by atoms with Crippen LogP contribution in [0.2, 0.25) is 0 Å². The number of aryl methyl sites for hydroxylation is 1. The molecule has 0 atom stereocenters. The number of fused-ring (bicyclic) bond motifs is 2. The summed E-state index contributed by atoms with van der Waals surface area (Å²) in [6.07, 6.45) is 2.12. The number of methoxy groups -OCH3 is 1. The van der Waals surface area contributed by atoms with Gasteiger partial charge in [-0.1, -0.05) is 48.5 Å². The molecule has 5 rings (SSSR count). The number of esters is 1. The maximum atomic E-state index is 13.1. The highest BCUT2D eigenvalue weighted by atomic mass is 16.5. The van der Waals surface area contributed by atoms with Crippen molar-refractivity contribution < 1.29 is 23.5 Å². The number of carbonyl (C=O) groups is 2. The SMILES string of the molecule is COc1ccccc1C(=O)N/N=C1\CCCc2oc(C(=O)Oc3cccc4ccccc34)c(C)c21. The fraction of sp³-hybridized carbons (Fsp3) is 0.179. The zero-order chi connectivity index (χ0) is 24.4. The van der Waals surface area contributed by atoms with E-state index in [2.05, 4.69) is 10.5 Å². The fourth-order valence-corrected chi connectivity index (χ4v) is 4.42. The summed E-state index contributed by atoms with van der Waals surface area (Å²) in [5.74, 6) is 0.814. The molecule has 1 aliphatic rings. The quantitative estimate of drug-likeness (QED) is 0.239. The van der Waals surface area contributed by atoms with Gasteiger partial charge in [0.05, 0.1) is 18.4 Å². The molecule has 1 aromatic heterocycles. The molecule has 3 aromatic carbocycles. The van der Waals surface area contributed by atoms with Gasteiger partial charge >= 0.3 is 5.97 Å². The van der Waals surface area contributed by atoms with Crippen LogP contribution in [0.4, 0.5) is 0 Å². The van der Waals surface area contributed by atoms with E-state index in [1.165, 1.54) is 7.11 Å². The number of furan rings is 1. The first-order chi connectivity index (χ1) is 17.1. The lowest BCUT2D eigenvalue weighted by atomic mass is 9.93. The summed E-state index contributed by atoms with van der Waals surface area (Å²) in [7, 11) is 1.51. The summed E-state index contributed by atoms with van der Waals surface area (Å²) >= 11 is 0. The molecular formula is C28H24N2O5. The van der Waals surface area contributed by atoms with Crippen LogP contribution in [-0.2, 0) is 6.42 Å². The summed E-state index contributed by atoms with van der Waals surface area (Å²) in [5, 5.41) is 6.21. The van der Waals surface area contributed by atoms with Gasteiger partial charge in [0.25, 0.3) is 5.91 Å². The molecule has 0 saturated heterocycles. The van der Waals surface area contributed by atoms with E-state index in [0.717, 1.165) is 22.8 Å². The second kappa shape index (κ2) is 9.46. The van der Waals surface area contributed by atoms with Gasteiger partial charge in [-0.2, -0.15) is 5.10 Å². The molecule has 0 saturated carbocycles. The third-order valence-corrected chi connectivity index (χ3v) is 6.11. The first kappa shape index (κ1) is 22.4. The van der Waals surface area contributed by atoms with E-state index in [9.17, 15) is 9.59 Å². The number of hydrogen-bond acceptors (Lipinski definition) is 6. The van der Waals surface area contributed by atoms with Crippen LogP contribution in [-0.4, -0.2) is 24.7 Å². The topological polar surface area (TPSA) is 90.1 Å². The Bertz CT molecular complexity index is 1460. The van der Waals surface area contributed by atoms with E-state index in [4.69, 9.17) is 13.9 Å². The van der Waals surface area contributed by atoms with Gasteiger partial charge < -0.3 is 13.9 Å². The van der Waals surface area contributed by atoms with Crippen molar-refractivity contribution in [3.05, 3.63) is 94.9 Å². The third-order valence-electron chi connectivity index (χ3n) is 6.11. The standard InChI is InChI=1S/C28H24N2O5/c1-17-25-21(29-30-27(31)20-12-5-6-14-22(20)33-2)13-8-16-24(25)34-26(17)28(32)35-23-15-7-10-18-9-3-4-11-19(18)23/h3-7,9-12,14-15H,8,13,16H2,1-2H3,(H,30,31)/b29-21+. The highest BCUT2D eigenvalue weighted by Crippen LogP contribution is 2.32. The van der Waals surface area contributed by atoms with E-state index in [1.807, 2.05) is 43.3 Å². The van der Waals surface area contributed by atoms with Gasteiger partial charge in [0, 0.05) is 22.9 Å². The largest absolute Gasteiger partial charge is 0.496 e. The Morgan fingerprint density at radius 1 is 0.943 bits per heavy atom. The van der Waals surface area contributed by atoms with Crippen LogP contribution in [0.3, 0.4) is 0 Å². The van der Waals surface area contributed by atoms with Gasteiger partial charge in [0.15, 0.2) is 0 Å². The molecular weight excluding hydrogens is 444 g/mol. The second-order valence-corrected chi connectivity index (χ2v) is 8.27. The summed E-state index contributed by atoms with van der Waals surface area (Å²) in [5.41, 5.74) is 5.08. The van der Waals surface area contributed by atoms with Crippen molar-refractivity contribution in [3.8, 4) is 11.5 Å². The molecule has 1 amide bonds. The molecule has 0 unspecified atom stereocenters. The van der Waals surface area contributed by atoms with E-state index in [-0.39, 0.29) is 11.7 Å². The Morgan fingerprint density at radius 3 is 2.54 bits per heavy atom. The summed E-state index contributed by atoms with van der Waals surface area (Å²) < 4.78 is 16.9. The van der Waals surface area contributed by atoms with Crippen molar-refractivity contribution in [2.45, 2.75) is 26.2 Å². The van der Waals surface area contributed by atoms with Crippen LogP contribution in [0, 0.1) is 6.92 Å². The molecule has 1 N–H and O–H groups in total. The maximum absolute atomic E-state index is 13.1. The van der Waals surface area contributed by atoms with Crippen LogP contribution in [0.5, 0.6) is 11.5 Å². The number of hydrogen-bond donors (Lipinski definition) is 1. The molecule has 0 bridgehead atoms. The first-order valence-electron chi connectivity index (χ1n) is 11.4. The first-order valence-corrected chi connectivity index (χ1v) is 11.4. The number of amides is 1. The van der Waals surface area contributed by atoms with Crippen molar-refractivity contribution in [3.63, 3.8) is 0 Å². The molecule has 1 heterocycles. The number of rotatable bonds is 5. The number of nitrogens with one attached hydrogen (secondary N) is 1. The number of ether oxygens (including phenoxy) is 2. The minimum atomic E-state index is -0.564. The summed E-state index contributed by atoms with van der Waals surface area (Å²) in [4.78, 5) is 25.8. The highest BCUT2D eigenvalue weighted by Gasteiger charge is 2.29. The number of nitrogens with zero attached hydrogens (tertiary/aromatic N) is 1. The van der Waals surface area contributed by atoms with Crippen molar-refractivity contribution in [2.24, 2.45) is 5.10 Å². The molecule has 4 aromatic rings. The number of carbonyl (C=O) groups excluding carboxylic acids is 2. The van der Waals surface area contributed by atoms with Crippen molar-refractivity contribution in [1.82, 2.24) is 5.43 Å². The van der Waals surface area contributed by atoms with Gasteiger partial charge in [-0.3, -0.25) is 4.79 Å². The molecule has 0 spiro atoms. The highest BCUT2D eigenvalue weighted by molar-refractivity contribution is 6.07. The third kappa shape index (κ3) is 4.28. The Morgan fingerprint density at radius 2 is 1.69 bits per heavy atom. The average molecular weight is 469 g/mol. The van der Waals surface area contributed by atoms with Gasteiger partial charge in [-0.15, -0.1) is 0 Å². The van der Waals surface area contributed by atoms with Crippen LogP contribution in [0.1, 0.15) is 50.6 Å². The second-order valence-electron chi connectivity index (χ2n) is 8.27. The minimum absolute atomic E-state index is 0.147. The lowest BCUT2D eigenvalue weighted by molar-refractivity contribution is 0.0700. The maximum Gasteiger partial charge on any atom is 0.379 e. The predicted octanol–water partition coefficient (Wildman–Crippen LogP) is 5.44. The molecule has 35 heavy (non-hydrogen) atoms. The van der Waals surface area contributed by atoms with Crippen molar-refractivity contribution in [1.29, 1.82) is 0 Å². The Hall–Kier alpha value is -4.39. The van der Waals surface area contributed by atoms with Crippen LogP contribution in [0.15, 0.2) is 76.2 Å². The van der Waals surface area contributed by atoms with Crippen molar-refractivity contribution >= 4 is 28.4 Å². The molecule has 1 aliphatic carbocycles. The monoisotopic (exact) mass is 468 g/mol. The zero-order valence-corrected chi connectivity index (χ0v) is 19.5. The van der Waals surface area contributed by atoms with Gasteiger partial charge in [-0.05, 0) is 43.4 Å². The van der Waals surface area contributed by atoms with Crippen LogP contribution < -0.4 is 14.9 Å².